The Morgan fingerprint density at radius 1 is 0.944 bits per heavy atom. The molecule has 0 spiro atoms. The number of benzene rings is 3. The van der Waals surface area contributed by atoms with Gasteiger partial charge in [0.2, 0.25) is 5.91 Å². The fourth-order valence-corrected chi connectivity index (χ4v) is 4.70. The van der Waals surface area contributed by atoms with Crippen molar-refractivity contribution in [2.24, 2.45) is 7.05 Å². The van der Waals surface area contributed by atoms with Crippen LogP contribution in [0.4, 0.5) is 11.4 Å². The van der Waals surface area contributed by atoms with Crippen molar-refractivity contribution < 1.29 is 9.59 Å². The van der Waals surface area contributed by atoms with Crippen molar-refractivity contribution in [3.63, 3.8) is 0 Å². The highest BCUT2D eigenvalue weighted by Crippen LogP contribution is 2.26. The maximum Gasteiger partial charge on any atom is 0.295 e. The van der Waals surface area contributed by atoms with E-state index >= 15 is 0 Å². The number of carbonyl (C=O) groups excluding carboxylic acids is 2. The van der Waals surface area contributed by atoms with Crippen LogP contribution in [0, 0.1) is 6.92 Å². The molecule has 4 aromatic rings. The van der Waals surface area contributed by atoms with Crippen molar-refractivity contribution in [2.75, 3.05) is 10.6 Å². The average Bonchev–Trinajstić information content (AvgIpc) is 3.08. The first kappa shape index (κ1) is 25.3. The van der Waals surface area contributed by atoms with Crippen LogP contribution in [0.1, 0.15) is 23.0 Å². The molecule has 1 unspecified atom stereocenters. The van der Waals surface area contributed by atoms with Gasteiger partial charge in [0.05, 0.1) is 16.6 Å². The van der Waals surface area contributed by atoms with E-state index in [2.05, 4.69) is 10.6 Å². The second kappa shape index (κ2) is 10.9. The molecule has 1 aromatic heterocycles. The van der Waals surface area contributed by atoms with Crippen molar-refractivity contribution in [3.05, 3.63) is 105 Å². The van der Waals surface area contributed by atoms with Gasteiger partial charge in [-0.2, -0.15) is 0 Å². The van der Waals surface area contributed by atoms with Crippen LogP contribution in [-0.4, -0.2) is 26.4 Å². The summed E-state index contributed by atoms with van der Waals surface area (Å²) in [4.78, 5) is 39.2. The molecular formula is C27H25ClN4O3S. The first-order chi connectivity index (χ1) is 17.2. The van der Waals surface area contributed by atoms with Crippen LogP contribution in [0.2, 0.25) is 5.02 Å². The van der Waals surface area contributed by atoms with Crippen LogP contribution >= 0.6 is 23.4 Å². The summed E-state index contributed by atoms with van der Waals surface area (Å²) in [6.07, 6.45) is 0. The molecule has 0 aliphatic heterocycles. The minimum Gasteiger partial charge on any atom is -0.322 e. The molecule has 0 aliphatic carbocycles. The van der Waals surface area contributed by atoms with Gasteiger partial charge in [-0.15, -0.1) is 11.8 Å². The molecule has 0 aliphatic rings. The molecule has 0 bridgehead atoms. The van der Waals surface area contributed by atoms with Gasteiger partial charge in [-0.1, -0.05) is 35.9 Å². The first-order valence-electron chi connectivity index (χ1n) is 11.2. The number of hydrogen-bond acceptors (Lipinski definition) is 4. The van der Waals surface area contributed by atoms with E-state index in [-0.39, 0.29) is 23.1 Å². The van der Waals surface area contributed by atoms with Crippen LogP contribution in [-0.2, 0) is 11.8 Å². The minimum atomic E-state index is -0.457. The molecule has 36 heavy (non-hydrogen) atoms. The second-order valence-electron chi connectivity index (χ2n) is 8.17. The van der Waals surface area contributed by atoms with Crippen molar-refractivity contribution in [3.8, 4) is 5.69 Å². The van der Waals surface area contributed by atoms with E-state index in [0.717, 1.165) is 10.6 Å². The third kappa shape index (κ3) is 5.56. The van der Waals surface area contributed by atoms with Gasteiger partial charge in [0.15, 0.2) is 0 Å². The average molecular weight is 521 g/mol. The number of carbonyl (C=O) groups is 2. The highest BCUT2D eigenvalue weighted by molar-refractivity contribution is 8.00. The van der Waals surface area contributed by atoms with Crippen molar-refractivity contribution in [2.45, 2.75) is 24.0 Å². The lowest BCUT2D eigenvalue weighted by atomic mass is 10.2. The number of rotatable bonds is 7. The molecule has 3 aromatic carbocycles. The number of nitrogens with zero attached hydrogens (tertiary/aromatic N) is 2. The second-order valence-corrected chi connectivity index (χ2v) is 10.0. The number of nitrogens with one attached hydrogen (secondary N) is 2. The molecule has 2 amide bonds. The molecule has 9 heteroatoms. The monoisotopic (exact) mass is 520 g/mol. The van der Waals surface area contributed by atoms with Crippen molar-refractivity contribution in [1.82, 2.24) is 9.36 Å². The lowest BCUT2D eigenvalue weighted by Crippen LogP contribution is -2.27. The van der Waals surface area contributed by atoms with Gasteiger partial charge >= 0.3 is 0 Å². The van der Waals surface area contributed by atoms with E-state index in [0.29, 0.717) is 22.0 Å². The molecule has 184 valence electrons. The Hall–Kier alpha value is -3.75. The standard InChI is InChI=1S/C27H25ClN4O3S/c1-17-24(27(35)32(31(17)3)22-10-5-4-6-11-22)30-25(33)18(2)36-23-14-12-21(13-15-23)29-26(34)19-8-7-9-20(28)16-19/h4-16,18H,1-3H3,(H,29,34)(H,30,33). The predicted molar refractivity (Wildman–Crippen MR) is 146 cm³/mol. The van der Waals surface area contributed by atoms with Crippen LogP contribution < -0.4 is 16.2 Å². The summed E-state index contributed by atoms with van der Waals surface area (Å²) in [6.45, 7) is 3.58. The topological polar surface area (TPSA) is 85.1 Å². The van der Waals surface area contributed by atoms with Gasteiger partial charge in [0.1, 0.15) is 5.69 Å². The predicted octanol–water partition coefficient (Wildman–Crippen LogP) is 5.51. The highest BCUT2D eigenvalue weighted by atomic mass is 35.5. The molecule has 0 radical (unpaired) electrons. The van der Waals surface area contributed by atoms with Gasteiger partial charge in [0.25, 0.3) is 11.5 Å². The number of thioether (sulfide) groups is 1. The zero-order valence-corrected chi connectivity index (χ0v) is 21.6. The van der Waals surface area contributed by atoms with Crippen LogP contribution in [0.15, 0.2) is 88.6 Å². The summed E-state index contributed by atoms with van der Waals surface area (Å²) in [7, 11) is 1.78. The maximum atomic E-state index is 13.1. The fraction of sp³-hybridized carbons (Fsp3) is 0.148. The third-order valence-corrected chi connectivity index (χ3v) is 7.03. The number of halogens is 1. The van der Waals surface area contributed by atoms with Crippen LogP contribution in [0.5, 0.6) is 0 Å². The van der Waals surface area contributed by atoms with Gasteiger partial charge < -0.3 is 10.6 Å². The molecule has 1 atom stereocenters. The SMILES string of the molecule is Cc1c(NC(=O)C(C)Sc2ccc(NC(=O)c3cccc(Cl)c3)cc2)c(=O)n(-c2ccccc2)n1C. The molecule has 7 nitrogen and oxygen atoms in total. The van der Waals surface area contributed by atoms with Gasteiger partial charge in [-0.05, 0) is 68.4 Å². The van der Waals surface area contributed by atoms with E-state index in [1.54, 1.807) is 62.0 Å². The van der Waals surface area contributed by atoms with E-state index < -0.39 is 5.25 Å². The molecule has 0 fully saturated rings. The maximum absolute atomic E-state index is 13.1. The number of amides is 2. The molecule has 2 N–H and O–H groups in total. The number of aromatic nitrogens is 2. The van der Waals surface area contributed by atoms with Gasteiger partial charge in [-0.25, -0.2) is 4.68 Å². The van der Waals surface area contributed by atoms with Gasteiger partial charge in [0, 0.05) is 28.2 Å². The lowest BCUT2D eigenvalue weighted by Gasteiger charge is -2.12. The summed E-state index contributed by atoms with van der Waals surface area (Å²) in [5.74, 6) is -0.533. The molecule has 4 rings (SSSR count). The van der Waals surface area contributed by atoms with Gasteiger partial charge in [-0.3, -0.25) is 19.1 Å². The largest absolute Gasteiger partial charge is 0.322 e. The van der Waals surface area contributed by atoms with Crippen molar-refractivity contribution in [1.29, 1.82) is 0 Å². The van der Waals surface area contributed by atoms with Crippen LogP contribution in [0.3, 0.4) is 0 Å². The first-order valence-corrected chi connectivity index (χ1v) is 12.5. The minimum absolute atomic E-state index is 0.259. The van der Waals surface area contributed by atoms with E-state index in [9.17, 15) is 14.4 Å². The molecule has 0 saturated carbocycles. The van der Waals surface area contributed by atoms with E-state index in [4.69, 9.17) is 11.6 Å². The summed E-state index contributed by atoms with van der Waals surface area (Å²) >= 11 is 7.31. The smallest absolute Gasteiger partial charge is 0.295 e. The van der Waals surface area contributed by atoms with E-state index in [1.807, 2.05) is 42.5 Å². The summed E-state index contributed by atoms with van der Waals surface area (Å²) < 4.78 is 3.25. The molecule has 0 saturated heterocycles. The quantitative estimate of drug-likeness (QED) is 0.315. The molecule has 1 heterocycles. The summed E-state index contributed by atoms with van der Waals surface area (Å²) in [6, 6.07) is 23.2. The Labute approximate surface area is 218 Å². The zero-order chi connectivity index (χ0) is 25.8. The zero-order valence-electron chi connectivity index (χ0n) is 20.0. The Balaban J connectivity index is 1.41. The fourth-order valence-electron chi connectivity index (χ4n) is 3.64. The van der Waals surface area contributed by atoms with E-state index in [1.165, 1.54) is 16.4 Å². The Bertz CT molecular complexity index is 1460. The normalized spacial score (nSPS) is 11.7. The molecular weight excluding hydrogens is 496 g/mol. The number of hydrogen-bond donors (Lipinski definition) is 2. The summed E-state index contributed by atoms with van der Waals surface area (Å²) in [5, 5.41) is 5.67. The third-order valence-electron chi connectivity index (χ3n) is 5.68. The Morgan fingerprint density at radius 2 is 1.64 bits per heavy atom. The van der Waals surface area contributed by atoms with Crippen molar-refractivity contribution >= 4 is 46.6 Å². The van der Waals surface area contributed by atoms with Crippen LogP contribution in [0.25, 0.3) is 5.69 Å². The Morgan fingerprint density at radius 3 is 2.31 bits per heavy atom. The Kier molecular flexibility index (Phi) is 7.67. The highest BCUT2D eigenvalue weighted by Gasteiger charge is 2.21. The summed E-state index contributed by atoms with van der Waals surface area (Å²) in [5.41, 5.74) is 2.45. The number of anilines is 2. The lowest BCUT2D eigenvalue weighted by molar-refractivity contribution is -0.115. The number of para-hydroxylation sites is 1.